The fourth-order valence-corrected chi connectivity index (χ4v) is 4.50. The van der Waals surface area contributed by atoms with Crippen molar-refractivity contribution in [2.24, 2.45) is 0 Å². The summed E-state index contributed by atoms with van der Waals surface area (Å²) in [5.41, 5.74) is 2.38. The van der Waals surface area contributed by atoms with Crippen LogP contribution in [0.1, 0.15) is 54.4 Å². The van der Waals surface area contributed by atoms with Gasteiger partial charge in [0, 0.05) is 35.8 Å². The summed E-state index contributed by atoms with van der Waals surface area (Å²) in [7, 11) is 0. The van der Waals surface area contributed by atoms with E-state index in [1.54, 1.807) is 34.9 Å². The first-order valence-electron chi connectivity index (χ1n) is 11.8. The summed E-state index contributed by atoms with van der Waals surface area (Å²) in [6.45, 7) is 4.65. The van der Waals surface area contributed by atoms with Gasteiger partial charge in [-0.3, -0.25) is 19.0 Å². The van der Waals surface area contributed by atoms with Gasteiger partial charge in [-0.25, -0.2) is 4.98 Å². The summed E-state index contributed by atoms with van der Waals surface area (Å²) in [4.78, 5) is 45.1. The number of benzene rings is 2. The van der Waals surface area contributed by atoms with E-state index in [4.69, 9.17) is 16.6 Å². The highest BCUT2D eigenvalue weighted by atomic mass is 35.5. The van der Waals surface area contributed by atoms with Crippen LogP contribution in [0.4, 0.5) is 5.69 Å². The van der Waals surface area contributed by atoms with E-state index in [2.05, 4.69) is 5.32 Å². The molecule has 7 nitrogen and oxygen atoms in total. The van der Waals surface area contributed by atoms with Crippen molar-refractivity contribution in [2.45, 2.75) is 52.5 Å². The Morgan fingerprint density at radius 1 is 1.12 bits per heavy atom. The lowest BCUT2D eigenvalue weighted by Gasteiger charge is -2.21. The molecule has 2 heterocycles. The fraction of sp³-hybridized carbons (Fsp3) is 0.385. The Balaban J connectivity index is 1.56. The van der Waals surface area contributed by atoms with E-state index in [1.807, 2.05) is 19.9 Å². The molecule has 178 valence electrons. The molecule has 0 atom stereocenters. The number of aryl methyl sites for hydroxylation is 2. The Hall–Kier alpha value is -3.19. The summed E-state index contributed by atoms with van der Waals surface area (Å²) in [5, 5.41) is 3.87. The molecule has 4 rings (SSSR count). The lowest BCUT2D eigenvalue weighted by molar-refractivity contribution is -0.116. The number of anilines is 1. The van der Waals surface area contributed by atoms with Crippen LogP contribution < -0.4 is 10.9 Å². The van der Waals surface area contributed by atoms with Crippen molar-refractivity contribution in [1.82, 2.24) is 14.5 Å². The van der Waals surface area contributed by atoms with Crippen LogP contribution in [0.15, 0.2) is 41.2 Å². The maximum atomic E-state index is 13.2. The van der Waals surface area contributed by atoms with Gasteiger partial charge in [0.25, 0.3) is 11.5 Å². The van der Waals surface area contributed by atoms with E-state index in [-0.39, 0.29) is 23.9 Å². The van der Waals surface area contributed by atoms with Gasteiger partial charge in [-0.05, 0) is 62.6 Å². The van der Waals surface area contributed by atoms with Gasteiger partial charge in [0.2, 0.25) is 5.91 Å². The Bertz CT molecular complexity index is 1300. The first kappa shape index (κ1) is 24.0. The monoisotopic (exact) mass is 480 g/mol. The van der Waals surface area contributed by atoms with Gasteiger partial charge in [-0.2, -0.15) is 0 Å². The summed E-state index contributed by atoms with van der Waals surface area (Å²) in [6, 6.07) is 10.3. The van der Waals surface area contributed by atoms with Crippen molar-refractivity contribution in [1.29, 1.82) is 0 Å². The van der Waals surface area contributed by atoms with E-state index in [1.165, 1.54) is 4.90 Å². The van der Waals surface area contributed by atoms with Gasteiger partial charge in [0.05, 0.1) is 10.9 Å². The first-order chi connectivity index (χ1) is 16.4. The summed E-state index contributed by atoms with van der Waals surface area (Å²) < 4.78 is 1.78. The molecule has 1 N–H and O–H groups in total. The van der Waals surface area contributed by atoms with E-state index >= 15 is 0 Å². The van der Waals surface area contributed by atoms with Crippen molar-refractivity contribution in [2.75, 3.05) is 18.4 Å². The highest BCUT2D eigenvalue weighted by Crippen LogP contribution is 2.21. The Morgan fingerprint density at radius 2 is 1.91 bits per heavy atom. The second-order valence-electron chi connectivity index (χ2n) is 8.71. The van der Waals surface area contributed by atoms with Crippen LogP contribution in [-0.4, -0.2) is 39.4 Å². The molecule has 2 aromatic carbocycles. The van der Waals surface area contributed by atoms with E-state index in [9.17, 15) is 14.4 Å². The number of likely N-dealkylation sites (N-methyl/N-ethyl adjacent to an activating group) is 1. The number of hydrogen-bond donors (Lipinski definition) is 1. The molecule has 0 aliphatic carbocycles. The minimum atomic E-state index is -0.306. The standard InChI is InChI=1S/C26H29ClN4O3/c1-3-30(16-24(32)29-21-15-19(27)11-9-17(21)2)25(33)18-10-12-20-22(14-18)28-23-8-6-4-5-7-13-31(23)26(20)34/h9-12,14-15H,3-8,13,16H2,1-2H3,(H,29,32). The largest absolute Gasteiger partial charge is 0.330 e. The Kier molecular flexibility index (Phi) is 7.32. The molecule has 1 aliphatic rings. The van der Waals surface area contributed by atoms with E-state index in [0.717, 1.165) is 43.5 Å². The maximum absolute atomic E-state index is 13.2. The second kappa shape index (κ2) is 10.4. The molecule has 3 aromatic rings. The molecular weight excluding hydrogens is 452 g/mol. The SMILES string of the molecule is CCN(CC(=O)Nc1cc(Cl)ccc1C)C(=O)c1ccc2c(=O)n3c(nc2c1)CCCCCC3. The van der Waals surface area contributed by atoms with Crippen molar-refractivity contribution in [3.05, 3.63) is 68.7 Å². The van der Waals surface area contributed by atoms with Crippen molar-refractivity contribution in [3.8, 4) is 0 Å². The maximum Gasteiger partial charge on any atom is 0.261 e. The average molecular weight is 481 g/mol. The van der Waals surface area contributed by atoms with Crippen molar-refractivity contribution < 1.29 is 9.59 Å². The number of halogens is 1. The third-order valence-electron chi connectivity index (χ3n) is 6.29. The first-order valence-corrected chi connectivity index (χ1v) is 12.1. The van der Waals surface area contributed by atoms with Gasteiger partial charge in [-0.15, -0.1) is 0 Å². The molecule has 0 saturated carbocycles. The van der Waals surface area contributed by atoms with Crippen LogP contribution >= 0.6 is 11.6 Å². The zero-order valence-corrected chi connectivity index (χ0v) is 20.3. The molecule has 1 aliphatic heterocycles. The summed E-state index contributed by atoms with van der Waals surface area (Å²) in [5.74, 6) is 0.195. The van der Waals surface area contributed by atoms with Crippen LogP contribution in [0.25, 0.3) is 10.9 Å². The normalized spacial score (nSPS) is 13.6. The molecule has 0 saturated heterocycles. The molecule has 0 spiro atoms. The van der Waals surface area contributed by atoms with Gasteiger partial charge in [-0.1, -0.05) is 30.5 Å². The zero-order valence-electron chi connectivity index (χ0n) is 19.6. The number of fused-ring (bicyclic) bond motifs is 2. The van der Waals surface area contributed by atoms with Crippen LogP contribution in [0, 0.1) is 6.92 Å². The number of carbonyl (C=O) groups is 2. The van der Waals surface area contributed by atoms with Gasteiger partial charge in [0.1, 0.15) is 12.4 Å². The van der Waals surface area contributed by atoms with Gasteiger partial charge >= 0.3 is 0 Å². The molecule has 0 unspecified atom stereocenters. The van der Waals surface area contributed by atoms with Crippen LogP contribution in [-0.2, 0) is 17.8 Å². The lowest BCUT2D eigenvalue weighted by atomic mass is 10.1. The minimum absolute atomic E-state index is 0.0514. The number of hydrogen-bond acceptors (Lipinski definition) is 4. The molecule has 2 amide bonds. The molecule has 1 aromatic heterocycles. The smallest absolute Gasteiger partial charge is 0.261 e. The Morgan fingerprint density at radius 3 is 2.71 bits per heavy atom. The number of nitrogens with one attached hydrogen (secondary N) is 1. The highest BCUT2D eigenvalue weighted by molar-refractivity contribution is 6.31. The number of amides is 2. The highest BCUT2D eigenvalue weighted by Gasteiger charge is 2.20. The van der Waals surface area contributed by atoms with Crippen LogP contribution in [0.2, 0.25) is 5.02 Å². The minimum Gasteiger partial charge on any atom is -0.330 e. The molecule has 34 heavy (non-hydrogen) atoms. The number of nitrogens with zero attached hydrogens (tertiary/aromatic N) is 3. The average Bonchev–Trinajstić information content (AvgIpc) is 2.80. The zero-order chi connectivity index (χ0) is 24.2. The molecule has 0 radical (unpaired) electrons. The molecular formula is C26H29ClN4O3. The molecule has 0 bridgehead atoms. The van der Waals surface area contributed by atoms with Crippen molar-refractivity contribution >= 4 is 40.0 Å². The van der Waals surface area contributed by atoms with E-state index in [0.29, 0.717) is 40.3 Å². The summed E-state index contributed by atoms with van der Waals surface area (Å²) in [6.07, 6.45) is 4.98. The quantitative estimate of drug-likeness (QED) is 0.579. The van der Waals surface area contributed by atoms with Gasteiger partial charge < -0.3 is 10.2 Å². The Labute approximate surface area is 203 Å². The number of carbonyl (C=O) groups excluding carboxylic acids is 2. The predicted molar refractivity (Wildman–Crippen MR) is 135 cm³/mol. The topological polar surface area (TPSA) is 84.3 Å². The summed E-state index contributed by atoms with van der Waals surface area (Å²) >= 11 is 6.04. The molecule has 0 fully saturated rings. The fourth-order valence-electron chi connectivity index (χ4n) is 4.33. The third kappa shape index (κ3) is 5.14. The number of rotatable bonds is 5. The van der Waals surface area contributed by atoms with Crippen LogP contribution in [0.3, 0.4) is 0 Å². The molecule has 8 heteroatoms. The van der Waals surface area contributed by atoms with E-state index < -0.39 is 0 Å². The predicted octanol–water partition coefficient (Wildman–Crippen LogP) is 4.58. The second-order valence-corrected chi connectivity index (χ2v) is 9.14. The van der Waals surface area contributed by atoms with Crippen LogP contribution in [0.5, 0.6) is 0 Å². The third-order valence-corrected chi connectivity index (χ3v) is 6.53. The number of aromatic nitrogens is 2. The lowest BCUT2D eigenvalue weighted by Crippen LogP contribution is -2.38. The van der Waals surface area contributed by atoms with Gasteiger partial charge in [0.15, 0.2) is 0 Å². The van der Waals surface area contributed by atoms with Crippen molar-refractivity contribution in [3.63, 3.8) is 0 Å².